The lowest BCUT2D eigenvalue weighted by atomic mass is 10.1. The average Bonchev–Trinajstić information content (AvgIpc) is 1.69. The summed E-state index contributed by atoms with van der Waals surface area (Å²) in [6.45, 7) is -4.55. The van der Waals surface area contributed by atoms with Gasteiger partial charge in [0.25, 0.3) is 5.56 Å². The number of hydrogen-bond acceptors (Lipinski definition) is 36. The van der Waals surface area contributed by atoms with Crippen molar-refractivity contribution in [3.8, 4) is 0 Å². The van der Waals surface area contributed by atoms with E-state index in [2.05, 4.69) is 64.3 Å². The molecule has 4 saturated heterocycles. The zero-order chi connectivity index (χ0) is 64.1. The van der Waals surface area contributed by atoms with E-state index in [0.29, 0.717) is 0 Å². The second-order valence-corrected chi connectivity index (χ2v) is 25.5. The number of phosphoric acid groups is 4. The summed E-state index contributed by atoms with van der Waals surface area (Å²) < 4.78 is 118. The van der Waals surface area contributed by atoms with E-state index in [0.717, 1.165) is 51.7 Å². The van der Waals surface area contributed by atoms with Crippen molar-refractivity contribution >= 4 is 99.3 Å². The number of aliphatic hydroxyl groups is 5. The highest BCUT2D eigenvalue weighted by Gasteiger charge is 2.55. The molecule has 0 saturated carbocycles. The number of ether oxygens (including phenoxy) is 4. The second kappa shape index (κ2) is 24.1. The molecule has 0 amide bonds. The lowest BCUT2D eigenvalue weighted by Crippen LogP contribution is -2.38. The molecular formula is C40H50N20O26P4. The van der Waals surface area contributed by atoms with Gasteiger partial charge in [0, 0.05) is 0 Å². The van der Waals surface area contributed by atoms with Crippen molar-refractivity contribution in [2.75, 3.05) is 49.4 Å². The fourth-order valence-corrected chi connectivity index (χ4v) is 13.5. The molecule has 19 atom stereocenters. The smallest absolute Gasteiger partial charge is 0.387 e. The first-order chi connectivity index (χ1) is 42.6. The maximum absolute atomic E-state index is 14.2. The SMILES string of the molecule is Nc1nc2c(ncn2[C@@H]2O[C@H](COP(=O)(O)O)[C@@H](OP(=O)(O)OC[C@H]3O[C@@H](n4cnc5c(N)ncnc54)[C@H](O)[C@@H]3OP(=O)(O)OC[C@H]3O[C@@H](n4cnc5c(N)ncnc54)[C@H](O)[C@@H]3OP(=O)(O)OC[C@H]3O[C@@H](n4cnc5c(N)ncnc54)[C@H](O)[C@@H]3O)[C@H]2O)c(=O)[nH]1. The molecule has 0 bridgehead atoms. The van der Waals surface area contributed by atoms with Crippen molar-refractivity contribution < 1.29 is 119 Å². The Morgan fingerprint density at radius 1 is 0.433 bits per heavy atom. The molecule has 8 aromatic rings. The summed E-state index contributed by atoms with van der Waals surface area (Å²) >= 11 is 0. The van der Waals surface area contributed by atoms with Crippen molar-refractivity contribution in [3.05, 3.63) is 54.6 Å². The van der Waals surface area contributed by atoms with Crippen LogP contribution in [0.25, 0.3) is 44.7 Å². The van der Waals surface area contributed by atoms with Gasteiger partial charge in [0.1, 0.15) is 109 Å². The molecule has 4 fully saturated rings. The van der Waals surface area contributed by atoms with Gasteiger partial charge in [-0.05, 0) is 0 Å². The van der Waals surface area contributed by atoms with Gasteiger partial charge in [-0.2, -0.15) is 4.98 Å². The van der Waals surface area contributed by atoms with Crippen LogP contribution in [-0.2, 0) is 68.9 Å². The van der Waals surface area contributed by atoms with Crippen molar-refractivity contribution in [1.82, 2.24) is 78.1 Å². The summed E-state index contributed by atoms with van der Waals surface area (Å²) in [5.41, 5.74) is 22.2. The number of aliphatic hydroxyl groups excluding tert-OH is 5. The predicted octanol–water partition coefficient (Wildman–Crippen LogP) is -5.02. The minimum absolute atomic E-state index is 0.00187. The number of aromatic amines is 1. The van der Waals surface area contributed by atoms with Gasteiger partial charge in [-0.3, -0.25) is 59.7 Å². The lowest BCUT2D eigenvalue weighted by Gasteiger charge is -2.26. The number of nitrogens with one attached hydrogen (secondary N) is 1. The molecule has 0 spiro atoms. The van der Waals surface area contributed by atoms with Crippen LogP contribution in [0.1, 0.15) is 24.9 Å². The van der Waals surface area contributed by atoms with Gasteiger partial charge in [0.2, 0.25) is 5.95 Å². The van der Waals surface area contributed by atoms with Gasteiger partial charge in [0.05, 0.1) is 51.7 Å². The Bertz CT molecular complexity index is 4270. The number of nitrogens with zero attached hydrogens (tertiary/aromatic N) is 15. The Balaban J connectivity index is 0.774. The highest BCUT2D eigenvalue weighted by atomic mass is 31.2. The molecule has 3 unspecified atom stereocenters. The Morgan fingerprint density at radius 2 is 0.756 bits per heavy atom. The minimum atomic E-state index is -5.74. The largest absolute Gasteiger partial charge is 0.472 e. The van der Waals surface area contributed by atoms with Crippen LogP contribution in [-0.4, -0.2) is 228 Å². The molecule has 0 aromatic carbocycles. The van der Waals surface area contributed by atoms with E-state index in [1.165, 1.54) is 10.9 Å². The van der Waals surface area contributed by atoms with Crippen LogP contribution in [0.3, 0.4) is 0 Å². The molecule has 50 heteroatoms. The number of nitrogens with two attached hydrogens (primary N) is 4. The van der Waals surface area contributed by atoms with Crippen molar-refractivity contribution in [2.45, 2.75) is 98.2 Å². The number of aromatic nitrogens is 16. The fraction of sp³-hybridized carbons (Fsp3) is 0.500. The summed E-state index contributed by atoms with van der Waals surface area (Å²) in [5, 5.41) is 57.2. The molecule has 19 N–H and O–H groups in total. The molecule has 486 valence electrons. The monoisotopic (exact) mass is 1350 g/mol. The Hall–Kier alpha value is -6.72. The van der Waals surface area contributed by atoms with Crippen LogP contribution in [0, 0.1) is 0 Å². The summed E-state index contributed by atoms with van der Waals surface area (Å²) in [6.07, 6.45) is -22.5. The number of phosphoric ester groups is 4. The molecular weight excluding hydrogens is 1300 g/mol. The Labute approximate surface area is 497 Å². The highest BCUT2D eigenvalue weighted by Crippen LogP contribution is 2.55. The molecule has 0 aliphatic carbocycles. The van der Waals surface area contributed by atoms with Crippen molar-refractivity contribution in [3.63, 3.8) is 0 Å². The lowest BCUT2D eigenvalue weighted by molar-refractivity contribution is -0.0632. The summed E-state index contributed by atoms with van der Waals surface area (Å²) in [4.78, 5) is 112. The summed E-state index contributed by atoms with van der Waals surface area (Å²) in [5.74, 6) is -0.686. The number of rotatable bonds is 22. The average molecular weight is 1350 g/mol. The zero-order valence-electron chi connectivity index (χ0n) is 44.9. The number of hydrogen-bond donors (Lipinski definition) is 15. The van der Waals surface area contributed by atoms with Gasteiger partial charge in [-0.1, -0.05) is 0 Å². The van der Waals surface area contributed by atoms with E-state index in [1.54, 1.807) is 0 Å². The Morgan fingerprint density at radius 3 is 1.13 bits per heavy atom. The van der Waals surface area contributed by atoms with Gasteiger partial charge in [-0.25, -0.2) is 68.1 Å². The van der Waals surface area contributed by atoms with Crippen LogP contribution in [0.4, 0.5) is 23.4 Å². The quantitative estimate of drug-likeness (QED) is 0.0283. The maximum Gasteiger partial charge on any atom is 0.472 e. The van der Waals surface area contributed by atoms with Crippen LogP contribution in [0.15, 0.2) is 49.1 Å². The van der Waals surface area contributed by atoms with E-state index >= 15 is 0 Å². The summed E-state index contributed by atoms with van der Waals surface area (Å²) in [6, 6.07) is 0. The van der Waals surface area contributed by atoms with Crippen LogP contribution >= 0.6 is 31.3 Å². The fourth-order valence-electron chi connectivity index (χ4n) is 10.3. The number of imidazole rings is 4. The predicted molar refractivity (Wildman–Crippen MR) is 287 cm³/mol. The molecule has 0 radical (unpaired) electrons. The van der Waals surface area contributed by atoms with Crippen molar-refractivity contribution in [2.24, 2.45) is 0 Å². The third kappa shape index (κ3) is 12.3. The van der Waals surface area contributed by atoms with E-state index in [1.807, 2.05) is 0 Å². The number of nitrogen functional groups attached to an aromatic ring is 4. The van der Waals surface area contributed by atoms with E-state index in [-0.39, 0.29) is 62.1 Å². The van der Waals surface area contributed by atoms with Crippen LogP contribution in [0.5, 0.6) is 0 Å². The first kappa shape index (κ1) is 63.4. The number of fused-ring (bicyclic) bond motifs is 4. The van der Waals surface area contributed by atoms with Crippen molar-refractivity contribution in [1.29, 1.82) is 0 Å². The van der Waals surface area contributed by atoms with E-state index < -0.39 is 167 Å². The first-order valence-corrected chi connectivity index (χ1v) is 31.8. The van der Waals surface area contributed by atoms with Gasteiger partial charge in [-0.15, -0.1) is 0 Å². The highest BCUT2D eigenvalue weighted by molar-refractivity contribution is 7.48. The van der Waals surface area contributed by atoms with Gasteiger partial charge >= 0.3 is 31.3 Å². The second-order valence-electron chi connectivity index (χ2n) is 20.0. The first-order valence-electron chi connectivity index (χ1n) is 25.8. The molecule has 12 rings (SSSR count). The standard InChI is InChI=1S/C40H50N20O26P4/c41-28-16-31(48-5-45-28)57(8-51-16)36-21(62)20(61)12(80-36)1-77-88(70,71)85-26-14(82-37(22(26)63)58-9-52-17-29(42)46-6-49-32(17)58)3-79-90(74,75)86-27-15(83-38(23(27)64)59-10-53-18-30(43)47-7-50-33(18)59)4-78-89(72,73)84-25-13(2-76-87(67,68)69)81-39(24(25)65)60-11-54-19-34(60)55-40(44)56-35(19)66/h5-15,20-27,36-39,61-65H,1-4H2,(H,70,71)(H,72,73)(H,74,75)(H2,41,45,48)(H2,42,46,49)(H2,43,47,50)(H2,67,68,69)(H3,44,55,56,66)/t12-,13-,14-,15-,20-,21-,22-,23-,24-,25-,26-,27-,36-,37-,38-,39-/m1/s1. The molecule has 8 aromatic heterocycles. The third-order valence-electron chi connectivity index (χ3n) is 14.4. The number of H-pyrrole nitrogens is 1. The normalized spacial score (nSPS) is 31.1. The summed E-state index contributed by atoms with van der Waals surface area (Å²) in [7, 11) is -22.2. The van der Waals surface area contributed by atoms with E-state index in [9.17, 15) is 73.1 Å². The molecule has 4 aliphatic heterocycles. The molecule has 90 heavy (non-hydrogen) atoms. The van der Waals surface area contributed by atoms with Gasteiger partial charge in [0.15, 0.2) is 70.5 Å². The zero-order valence-corrected chi connectivity index (χ0v) is 48.5. The van der Waals surface area contributed by atoms with Crippen LogP contribution < -0.4 is 28.5 Å². The molecule has 12 heterocycles. The topological polar surface area (TPSA) is 671 Å². The number of anilines is 4. The molecule has 46 nitrogen and oxygen atoms in total. The minimum Gasteiger partial charge on any atom is -0.387 e. The molecule has 4 aliphatic rings. The van der Waals surface area contributed by atoms with E-state index in [4.69, 9.17) is 69.0 Å². The third-order valence-corrected chi connectivity index (χ3v) is 17.8. The maximum atomic E-state index is 14.2. The van der Waals surface area contributed by atoms with Crippen LogP contribution in [0.2, 0.25) is 0 Å². The van der Waals surface area contributed by atoms with Gasteiger partial charge < -0.3 is 91.9 Å². The Kier molecular flexibility index (Phi) is 17.0.